The number of amides is 1. The quantitative estimate of drug-likeness (QED) is 0.563. The average Bonchev–Trinajstić information content (AvgIpc) is 3.15. The Morgan fingerprint density at radius 2 is 1.93 bits per heavy atom. The van der Waals surface area contributed by atoms with E-state index in [9.17, 15) is 13.2 Å². The van der Waals surface area contributed by atoms with Crippen LogP contribution in [0, 0.1) is 0 Å². The van der Waals surface area contributed by atoms with Gasteiger partial charge in [0.1, 0.15) is 12.3 Å². The van der Waals surface area contributed by atoms with Crippen molar-refractivity contribution in [2.45, 2.75) is 44.3 Å². The van der Waals surface area contributed by atoms with Gasteiger partial charge in [0.05, 0.1) is 18.6 Å². The first-order valence-electron chi connectivity index (χ1n) is 9.49. The van der Waals surface area contributed by atoms with E-state index >= 15 is 0 Å². The third-order valence-corrected chi connectivity index (χ3v) is 6.89. The second-order valence-electron chi connectivity index (χ2n) is 6.74. The number of hydrogen-bond donors (Lipinski definition) is 1. The maximum atomic E-state index is 12.2. The maximum Gasteiger partial charge on any atom is 0.240 e. The van der Waals surface area contributed by atoms with E-state index in [0.717, 1.165) is 22.7 Å². The molecule has 1 N–H and O–H groups in total. The minimum atomic E-state index is -3.56. The van der Waals surface area contributed by atoms with Gasteiger partial charge >= 0.3 is 0 Å². The Morgan fingerprint density at radius 3 is 2.52 bits per heavy atom. The molecule has 1 aromatic carbocycles. The molecule has 1 aliphatic carbocycles. The summed E-state index contributed by atoms with van der Waals surface area (Å²) in [4.78, 5) is 12.2. The number of carbonyl (C=O) groups excluding carboxylic acids is 1. The molecule has 2 rings (SSSR count). The molecule has 0 atom stereocenters. The van der Waals surface area contributed by atoms with Crippen molar-refractivity contribution in [1.29, 1.82) is 0 Å². The topological polar surface area (TPSA) is 75.7 Å². The van der Waals surface area contributed by atoms with Gasteiger partial charge in [0.25, 0.3) is 0 Å². The van der Waals surface area contributed by atoms with Crippen LogP contribution in [0.4, 0.5) is 5.69 Å². The maximum absolute atomic E-state index is 12.2. The van der Waals surface area contributed by atoms with Crippen LogP contribution in [0.1, 0.15) is 39.0 Å². The molecular formula is C19H30N2O4S2. The highest BCUT2D eigenvalue weighted by molar-refractivity contribution is 7.99. The summed E-state index contributed by atoms with van der Waals surface area (Å²) in [7, 11) is -3.56. The van der Waals surface area contributed by atoms with E-state index in [-0.39, 0.29) is 12.5 Å². The van der Waals surface area contributed by atoms with Crippen LogP contribution < -0.4 is 14.4 Å². The van der Waals surface area contributed by atoms with Crippen LogP contribution in [-0.2, 0) is 14.8 Å². The van der Waals surface area contributed by atoms with Crippen LogP contribution in [0.2, 0.25) is 0 Å². The molecule has 0 unspecified atom stereocenters. The van der Waals surface area contributed by atoms with Crippen molar-refractivity contribution >= 4 is 33.4 Å². The van der Waals surface area contributed by atoms with E-state index < -0.39 is 10.0 Å². The Bertz CT molecular complexity index is 686. The molecule has 27 heavy (non-hydrogen) atoms. The second kappa shape index (κ2) is 10.8. The van der Waals surface area contributed by atoms with Crippen molar-refractivity contribution in [3.8, 4) is 5.75 Å². The lowest BCUT2D eigenvalue weighted by Gasteiger charge is -2.22. The van der Waals surface area contributed by atoms with Gasteiger partial charge in [-0.25, -0.2) is 8.42 Å². The highest BCUT2D eigenvalue weighted by atomic mass is 32.2. The second-order valence-corrected chi connectivity index (χ2v) is 10.1. The summed E-state index contributed by atoms with van der Waals surface area (Å²) >= 11 is 1.89. The van der Waals surface area contributed by atoms with E-state index in [1.807, 2.05) is 18.7 Å². The van der Waals surface area contributed by atoms with Gasteiger partial charge in [-0.1, -0.05) is 19.8 Å². The Balaban J connectivity index is 1.86. The number of benzene rings is 1. The van der Waals surface area contributed by atoms with E-state index in [1.54, 1.807) is 24.3 Å². The summed E-state index contributed by atoms with van der Waals surface area (Å²) in [6.45, 7) is 2.96. The molecule has 6 nitrogen and oxygen atoms in total. The van der Waals surface area contributed by atoms with Crippen LogP contribution >= 0.6 is 11.8 Å². The summed E-state index contributed by atoms with van der Waals surface area (Å²) in [5, 5.41) is 3.54. The normalized spacial score (nSPS) is 14.9. The molecule has 0 radical (unpaired) electrons. The van der Waals surface area contributed by atoms with Crippen molar-refractivity contribution in [3.63, 3.8) is 0 Å². The number of carbonyl (C=O) groups is 1. The predicted molar refractivity (Wildman–Crippen MR) is 112 cm³/mol. The molecule has 0 aromatic heterocycles. The summed E-state index contributed by atoms with van der Waals surface area (Å²) < 4.78 is 30.9. The minimum absolute atomic E-state index is 0.220. The molecule has 0 saturated heterocycles. The molecule has 152 valence electrons. The van der Waals surface area contributed by atoms with Crippen molar-refractivity contribution in [3.05, 3.63) is 24.3 Å². The van der Waals surface area contributed by atoms with Crippen molar-refractivity contribution in [1.82, 2.24) is 5.32 Å². The van der Waals surface area contributed by atoms with E-state index in [2.05, 4.69) is 5.32 Å². The largest absolute Gasteiger partial charge is 0.494 e. The molecule has 8 heteroatoms. The van der Waals surface area contributed by atoms with Crippen LogP contribution in [0.5, 0.6) is 5.75 Å². The number of ether oxygens (including phenoxy) is 1. The zero-order valence-corrected chi connectivity index (χ0v) is 17.8. The molecule has 1 aliphatic rings. The summed E-state index contributed by atoms with van der Waals surface area (Å²) in [5.74, 6) is 1.25. The fourth-order valence-electron chi connectivity index (χ4n) is 2.99. The number of rotatable bonds is 11. The molecule has 1 fully saturated rings. The Labute approximate surface area is 167 Å². The lowest BCUT2D eigenvalue weighted by molar-refractivity contribution is -0.119. The van der Waals surface area contributed by atoms with Crippen molar-refractivity contribution in [2.24, 2.45) is 0 Å². The zero-order valence-electron chi connectivity index (χ0n) is 16.1. The molecule has 1 aromatic rings. The summed E-state index contributed by atoms with van der Waals surface area (Å²) in [6, 6.07) is 6.77. The van der Waals surface area contributed by atoms with Gasteiger partial charge < -0.3 is 10.1 Å². The molecule has 1 saturated carbocycles. The molecular weight excluding hydrogens is 384 g/mol. The number of hydrogen-bond acceptors (Lipinski definition) is 5. The van der Waals surface area contributed by atoms with Gasteiger partial charge in [-0.05, 0) is 43.5 Å². The van der Waals surface area contributed by atoms with Gasteiger partial charge in [0.2, 0.25) is 15.9 Å². The number of sulfonamides is 1. The third kappa shape index (κ3) is 7.62. The fraction of sp³-hybridized carbons (Fsp3) is 0.632. The standard InChI is InChI=1S/C19H30N2O4S2/c1-3-13-25-17-10-8-16(9-11-17)21(27(2,23)24)15-19(22)20-12-14-26-18-6-4-5-7-18/h8-11,18H,3-7,12-15H2,1-2H3,(H,20,22). The Morgan fingerprint density at radius 1 is 1.26 bits per heavy atom. The molecule has 0 bridgehead atoms. The van der Waals surface area contributed by atoms with E-state index in [1.165, 1.54) is 25.7 Å². The highest BCUT2D eigenvalue weighted by Crippen LogP contribution is 2.28. The van der Waals surface area contributed by atoms with Crippen molar-refractivity contribution < 1.29 is 17.9 Å². The minimum Gasteiger partial charge on any atom is -0.494 e. The lowest BCUT2D eigenvalue weighted by Crippen LogP contribution is -2.41. The fourth-order valence-corrected chi connectivity index (χ4v) is 5.06. The number of nitrogens with zero attached hydrogens (tertiary/aromatic N) is 1. The van der Waals surface area contributed by atoms with E-state index in [4.69, 9.17) is 4.74 Å². The highest BCUT2D eigenvalue weighted by Gasteiger charge is 2.21. The first-order chi connectivity index (χ1) is 12.9. The number of anilines is 1. The van der Waals surface area contributed by atoms with Crippen LogP contribution in [-0.4, -0.2) is 51.3 Å². The smallest absolute Gasteiger partial charge is 0.240 e. The van der Waals surface area contributed by atoms with Gasteiger partial charge in [0, 0.05) is 17.5 Å². The van der Waals surface area contributed by atoms with Gasteiger partial charge in [-0.2, -0.15) is 11.8 Å². The number of nitrogens with one attached hydrogen (secondary N) is 1. The average molecular weight is 415 g/mol. The van der Waals surface area contributed by atoms with Crippen LogP contribution in [0.25, 0.3) is 0 Å². The van der Waals surface area contributed by atoms with Gasteiger partial charge in [0.15, 0.2) is 0 Å². The van der Waals surface area contributed by atoms with Crippen LogP contribution in [0.15, 0.2) is 24.3 Å². The summed E-state index contributed by atoms with van der Waals surface area (Å²) in [6.07, 6.45) is 7.14. The first kappa shape index (κ1) is 21.9. The number of thioether (sulfide) groups is 1. The predicted octanol–water partition coefficient (Wildman–Crippen LogP) is 3.03. The Kier molecular flexibility index (Phi) is 8.76. The SMILES string of the molecule is CCCOc1ccc(N(CC(=O)NCCSC2CCCC2)S(C)(=O)=O)cc1. The van der Waals surface area contributed by atoms with Crippen molar-refractivity contribution in [2.75, 3.05) is 36.0 Å². The molecule has 0 heterocycles. The monoisotopic (exact) mass is 414 g/mol. The summed E-state index contributed by atoms with van der Waals surface area (Å²) in [5.41, 5.74) is 0.455. The van der Waals surface area contributed by atoms with Gasteiger partial charge in [-0.3, -0.25) is 9.10 Å². The molecule has 1 amide bonds. The lowest BCUT2D eigenvalue weighted by atomic mass is 10.3. The molecule has 0 aliphatic heterocycles. The van der Waals surface area contributed by atoms with Gasteiger partial charge in [-0.15, -0.1) is 0 Å². The van der Waals surface area contributed by atoms with E-state index in [0.29, 0.717) is 29.8 Å². The zero-order chi connectivity index (χ0) is 19.7. The third-order valence-electron chi connectivity index (χ3n) is 4.37. The molecule has 0 spiro atoms. The van der Waals surface area contributed by atoms with Crippen LogP contribution in [0.3, 0.4) is 0 Å². The first-order valence-corrected chi connectivity index (χ1v) is 12.4. The Hall–Kier alpha value is -1.41.